The number of hydrogen-bond acceptors (Lipinski definition) is 2. The van der Waals surface area contributed by atoms with E-state index < -0.39 is 0 Å². The number of furan rings is 1. The maximum absolute atomic E-state index is 12.3. The van der Waals surface area contributed by atoms with Crippen molar-refractivity contribution in [2.45, 2.75) is 39.8 Å². The van der Waals surface area contributed by atoms with Gasteiger partial charge < -0.3 is 14.6 Å². The summed E-state index contributed by atoms with van der Waals surface area (Å²) in [4.78, 5) is 14.0. The van der Waals surface area contributed by atoms with Crippen molar-refractivity contribution in [2.75, 3.05) is 7.05 Å². The summed E-state index contributed by atoms with van der Waals surface area (Å²) in [5.74, 6) is 0. The first-order valence-electron chi connectivity index (χ1n) is 7.61. The van der Waals surface area contributed by atoms with Gasteiger partial charge in [-0.25, -0.2) is 4.79 Å². The van der Waals surface area contributed by atoms with Crippen LogP contribution in [0.4, 0.5) is 4.79 Å². The van der Waals surface area contributed by atoms with Gasteiger partial charge in [-0.05, 0) is 43.0 Å². The number of hydrogen-bond donors (Lipinski definition) is 1. The summed E-state index contributed by atoms with van der Waals surface area (Å²) in [6.45, 7) is 6.80. The van der Waals surface area contributed by atoms with Gasteiger partial charge in [-0.15, -0.1) is 0 Å². The van der Waals surface area contributed by atoms with Crippen molar-refractivity contribution < 1.29 is 9.21 Å². The largest absolute Gasteiger partial charge is 0.472 e. The van der Waals surface area contributed by atoms with Crippen LogP contribution in [0, 0.1) is 13.8 Å². The van der Waals surface area contributed by atoms with Crippen LogP contribution in [-0.4, -0.2) is 18.0 Å². The van der Waals surface area contributed by atoms with Gasteiger partial charge in [-0.2, -0.15) is 0 Å². The highest BCUT2D eigenvalue weighted by molar-refractivity contribution is 5.74. The summed E-state index contributed by atoms with van der Waals surface area (Å²) in [7, 11) is 1.79. The Labute approximate surface area is 132 Å². The Morgan fingerprint density at radius 3 is 2.64 bits per heavy atom. The molecule has 0 aliphatic carbocycles. The molecule has 2 aromatic rings. The Morgan fingerprint density at radius 2 is 2.05 bits per heavy atom. The molecule has 1 N–H and O–H groups in total. The van der Waals surface area contributed by atoms with Gasteiger partial charge in [0.25, 0.3) is 0 Å². The van der Waals surface area contributed by atoms with Gasteiger partial charge in [-0.3, -0.25) is 0 Å². The van der Waals surface area contributed by atoms with E-state index in [9.17, 15) is 4.79 Å². The van der Waals surface area contributed by atoms with Crippen molar-refractivity contribution in [1.82, 2.24) is 10.2 Å². The van der Waals surface area contributed by atoms with Crippen molar-refractivity contribution in [3.63, 3.8) is 0 Å². The van der Waals surface area contributed by atoms with Crippen molar-refractivity contribution >= 4 is 6.03 Å². The number of carbonyl (C=O) groups is 1. The molecule has 0 saturated carbocycles. The smallest absolute Gasteiger partial charge is 0.317 e. The van der Waals surface area contributed by atoms with Crippen molar-refractivity contribution in [3.8, 4) is 0 Å². The molecule has 0 radical (unpaired) electrons. The molecule has 4 nitrogen and oxygen atoms in total. The highest BCUT2D eigenvalue weighted by atomic mass is 16.3. The Bertz CT molecular complexity index is 620. The third-order valence-corrected chi connectivity index (χ3v) is 3.99. The molecule has 2 amide bonds. The molecular weight excluding hydrogens is 276 g/mol. The number of carbonyl (C=O) groups excluding carboxylic acids is 1. The molecule has 0 saturated heterocycles. The fourth-order valence-electron chi connectivity index (χ4n) is 2.39. The van der Waals surface area contributed by atoms with E-state index in [1.54, 1.807) is 24.5 Å². The molecule has 0 spiro atoms. The first-order chi connectivity index (χ1) is 10.5. The highest BCUT2D eigenvalue weighted by Crippen LogP contribution is 2.20. The lowest BCUT2D eigenvalue weighted by molar-refractivity contribution is 0.202. The summed E-state index contributed by atoms with van der Waals surface area (Å²) < 4.78 is 5.03. The SMILES string of the molecule is CC[C@@H](NC(=O)N(C)Cc1ccoc1)c1ccc(C)c(C)c1. The molecule has 0 aliphatic rings. The van der Waals surface area contributed by atoms with Crippen LogP contribution in [0.2, 0.25) is 0 Å². The minimum atomic E-state index is -0.0775. The first-order valence-corrected chi connectivity index (χ1v) is 7.61. The Balaban J connectivity index is 2.02. The second-order valence-electron chi connectivity index (χ2n) is 5.74. The monoisotopic (exact) mass is 300 g/mol. The Hall–Kier alpha value is -2.23. The summed E-state index contributed by atoms with van der Waals surface area (Å²) in [6, 6.07) is 8.16. The predicted molar refractivity (Wildman–Crippen MR) is 87.7 cm³/mol. The summed E-state index contributed by atoms with van der Waals surface area (Å²) >= 11 is 0. The molecule has 118 valence electrons. The number of nitrogens with zero attached hydrogens (tertiary/aromatic N) is 1. The molecule has 0 unspecified atom stereocenters. The molecule has 22 heavy (non-hydrogen) atoms. The molecule has 1 atom stereocenters. The zero-order chi connectivity index (χ0) is 16.1. The Kier molecular flexibility index (Phi) is 5.26. The fourth-order valence-corrected chi connectivity index (χ4v) is 2.39. The van der Waals surface area contributed by atoms with Gasteiger partial charge in [-0.1, -0.05) is 25.1 Å². The van der Waals surface area contributed by atoms with E-state index in [4.69, 9.17) is 4.42 Å². The summed E-state index contributed by atoms with van der Waals surface area (Å²) in [5, 5.41) is 3.10. The number of rotatable bonds is 5. The minimum absolute atomic E-state index is 0.0265. The quantitative estimate of drug-likeness (QED) is 0.900. The molecule has 0 bridgehead atoms. The van der Waals surface area contributed by atoms with E-state index in [2.05, 4.69) is 44.3 Å². The third kappa shape index (κ3) is 3.91. The molecule has 4 heteroatoms. The normalized spacial score (nSPS) is 12.0. The van der Waals surface area contributed by atoms with Crippen molar-refractivity contribution in [3.05, 3.63) is 59.0 Å². The summed E-state index contributed by atoms with van der Waals surface area (Å²) in [6.07, 6.45) is 4.13. The van der Waals surface area contributed by atoms with E-state index >= 15 is 0 Å². The fraction of sp³-hybridized carbons (Fsp3) is 0.389. The molecule has 0 aliphatic heterocycles. The van der Waals surface area contributed by atoms with E-state index in [1.165, 1.54) is 11.1 Å². The lowest BCUT2D eigenvalue weighted by atomic mass is 9.99. The number of nitrogens with one attached hydrogen (secondary N) is 1. The average molecular weight is 300 g/mol. The second-order valence-corrected chi connectivity index (χ2v) is 5.74. The number of aryl methyl sites for hydroxylation is 2. The number of urea groups is 1. The molecule has 1 heterocycles. The lowest BCUT2D eigenvalue weighted by Gasteiger charge is -2.23. The second kappa shape index (κ2) is 7.16. The van der Waals surface area contributed by atoms with Crippen LogP contribution in [0.3, 0.4) is 0 Å². The van der Waals surface area contributed by atoms with Crippen LogP contribution < -0.4 is 5.32 Å². The molecular formula is C18H24N2O2. The minimum Gasteiger partial charge on any atom is -0.472 e. The van der Waals surface area contributed by atoms with Gasteiger partial charge in [0, 0.05) is 12.6 Å². The van der Waals surface area contributed by atoms with Gasteiger partial charge in [0.05, 0.1) is 25.1 Å². The van der Waals surface area contributed by atoms with Crippen molar-refractivity contribution in [2.24, 2.45) is 0 Å². The average Bonchev–Trinajstić information content (AvgIpc) is 3.00. The van der Waals surface area contributed by atoms with Crippen molar-refractivity contribution in [1.29, 1.82) is 0 Å². The molecule has 0 fully saturated rings. The number of amides is 2. The number of benzene rings is 1. The molecule has 1 aromatic carbocycles. The van der Waals surface area contributed by atoms with Crippen LogP contribution in [0.15, 0.2) is 41.2 Å². The van der Waals surface area contributed by atoms with Crippen LogP contribution >= 0.6 is 0 Å². The maximum Gasteiger partial charge on any atom is 0.317 e. The van der Waals surface area contributed by atoms with Crippen LogP contribution in [-0.2, 0) is 6.54 Å². The van der Waals surface area contributed by atoms with Crippen LogP contribution in [0.1, 0.15) is 41.6 Å². The highest BCUT2D eigenvalue weighted by Gasteiger charge is 2.16. The zero-order valence-corrected chi connectivity index (χ0v) is 13.7. The van der Waals surface area contributed by atoms with E-state index in [1.807, 2.05) is 6.07 Å². The van der Waals surface area contributed by atoms with Gasteiger partial charge in [0.15, 0.2) is 0 Å². The van der Waals surface area contributed by atoms with Crippen LogP contribution in [0.25, 0.3) is 0 Å². The maximum atomic E-state index is 12.3. The van der Waals surface area contributed by atoms with E-state index in [0.29, 0.717) is 6.54 Å². The standard InChI is InChI=1S/C18H24N2O2/c1-5-17(16-7-6-13(2)14(3)10-16)19-18(21)20(4)11-15-8-9-22-12-15/h6-10,12,17H,5,11H2,1-4H3,(H,19,21)/t17-/m1/s1. The van der Waals surface area contributed by atoms with Gasteiger partial charge >= 0.3 is 6.03 Å². The predicted octanol–water partition coefficient (Wildman–Crippen LogP) is 4.19. The van der Waals surface area contributed by atoms with Crippen LogP contribution in [0.5, 0.6) is 0 Å². The molecule has 1 aromatic heterocycles. The van der Waals surface area contributed by atoms with E-state index in [-0.39, 0.29) is 12.1 Å². The summed E-state index contributed by atoms with van der Waals surface area (Å²) in [5.41, 5.74) is 4.64. The molecule has 2 rings (SSSR count). The Morgan fingerprint density at radius 1 is 1.27 bits per heavy atom. The van der Waals surface area contributed by atoms with Gasteiger partial charge in [0.2, 0.25) is 0 Å². The zero-order valence-electron chi connectivity index (χ0n) is 13.7. The third-order valence-electron chi connectivity index (χ3n) is 3.99. The van der Waals surface area contributed by atoms with Gasteiger partial charge in [0.1, 0.15) is 0 Å². The first kappa shape index (κ1) is 16.1. The lowest BCUT2D eigenvalue weighted by Crippen LogP contribution is -2.38. The topological polar surface area (TPSA) is 45.5 Å². The van der Waals surface area contributed by atoms with E-state index in [0.717, 1.165) is 17.5 Å².